The molecule has 0 aliphatic rings. The first kappa shape index (κ1) is 11.8. The fourth-order valence-electron chi connectivity index (χ4n) is 0.843. The average Bonchev–Trinajstić information content (AvgIpc) is 2.05. The zero-order valence-electron chi connectivity index (χ0n) is 7.45. The van der Waals surface area contributed by atoms with Crippen LogP contribution in [0.4, 0.5) is 0 Å². The predicted molar refractivity (Wildman–Crippen MR) is 52.3 cm³/mol. The second-order valence-corrected chi connectivity index (χ2v) is 3.03. The molecule has 2 N–H and O–H groups in total. The molecule has 0 amide bonds. The molecule has 0 radical (unpaired) electrons. The fourth-order valence-corrected chi connectivity index (χ4v) is 1.07. The van der Waals surface area contributed by atoms with Crippen molar-refractivity contribution in [1.82, 2.24) is 0 Å². The summed E-state index contributed by atoms with van der Waals surface area (Å²) in [7, 11) is 0. The Balaban J connectivity index is 3.42. The maximum atomic E-state index is 11.0. The second-order valence-electron chi connectivity index (χ2n) is 2.58. The molecular weight excluding hydrogens is 174 g/mol. The normalized spacial score (nSPS) is 12.6. The number of carbonyl (C=O) groups excluding carboxylic acids is 1. The van der Waals surface area contributed by atoms with Crippen molar-refractivity contribution in [2.75, 3.05) is 12.4 Å². The molecule has 0 rings (SSSR count). The summed E-state index contributed by atoms with van der Waals surface area (Å²) in [5.74, 6) is 0.548. The Morgan fingerprint density at radius 1 is 1.58 bits per heavy atom. The van der Waals surface area contributed by atoms with Crippen LogP contribution in [0.15, 0.2) is 0 Å². The summed E-state index contributed by atoms with van der Waals surface area (Å²) in [5, 5.41) is 0. The predicted octanol–water partition coefficient (Wildman–Crippen LogP) is 0.977. The van der Waals surface area contributed by atoms with Crippen LogP contribution in [0.2, 0.25) is 0 Å². The van der Waals surface area contributed by atoms with Gasteiger partial charge in [-0.2, -0.15) is 12.6 Å². The molecule has 3 nitrogen and oxygen atoms in total. The second kappa shape index (κ2) is 7.43. The van der Waals surface area contributed by atoms with Crippen LogP contribution in [0.25, 0.3) is 0 Å². The molecule has 0 bridgehead atoms. The van der Waals surface area contributed by atoms with Gasteiger partial charge in [0.25, 0.3) is 0 Å². The van der Waals surface area contributed by atoms with Crippen molar-refractivity contribution < 1.29 is 9.53 Å². The first-order chi connectivity index (χ1) is 5.72. The molecule has 0 saturated heterocycles. The highest BCUT2D eigenvalue weighted by Gasteiger charge is 2.12. The van der Waals surface area contributed by atoms with Gasteiger partial charge in [-0.1, -0.05) is 6.42 Å². The summed E-state index contributed by atoms with van der Waals surface area (Å²) < 4.78 is 4.75. The number of rotatable bonds is 6. The molecule has 0 saturated carbocycles. The molecule has 0 aliphatic heterocycles. The van der Waals surface area contributed by atoms with E-state index in [1.165, 1.54) is 0 Å². The summed E-state index contributed by atoms with van der Waals surface area (Å²) in [4.78, 5) is 11.0. The Labute approximate surface area is 79.1 Å². The van der Waals surface area contributed by atoms with Crippen molar-refractivity contribution in [1.29, 1.82) is 0 Å². The largest absolute Gasteiger partial charge is 0.465 e. The van der Waals surface area contributed by atoms with E-state index in [0.29, 0.717) is 13.0 Å². The van der Waals surface area contributed by atoms with Crippen LogP contribution in [0.1, 0.15) is 26.2 Å². The molecule has 1 atom stereocenters. The van der Waals surface area contributed by atoms with Crippen LogP contribution < -0.4 is 5.73 Å². The van der Waals surface area contributed by atoms with Crippen LogP contribution in [0, 0.1) is 0 Å². The average molecular weight is 191 g/mol. The van der Waals surface area contributed by atoms with E-state index in [4.69, 9.17) is 10.5 Å². The Hall–Kier alpha value is -0.220. The van der Waals surface area contributed by atoms with Gasteiger partial charge in [0.1, 0.15) is 6.04 Å². The van der Waals surface area contributed by atoms with Crippen molar-refractivity contribution >= 4 is 18.6 Å². The standard InChI is InChI=1S/C8H17NO2S/c1-2-11-8(10)7(9)5-3-4-6-12/h7,12H,2-6,9H2,1H3/t7-/m1/s1. The lowest BCUT2D eigenvalue weighted by Gasteiger charge is -2.09. The van der Waals surface area contributed by atoms with Gasteiger partial charge in [0, 0.05) is 0 Å². The van der Waals surface area contributed by atoms with Crippen LogP contribution in [0.5, 0.6) is 0 Å². The van der Waals surface area contributed by atoms with Crippen molar-refractivity contribution in [2.45, 2.75) is 32.2 Å². The van der Waals surface area contributed by atoms with Crippen molar-refractivity contribution in [2.24, 2.45) is 5.73 Å². The summed E-state index contributed by atoms with van der Waals surface area (Å²) in [6.07, 6.45) is 2.62. The summed E-state index contributed by atoms with van der Waals surface area (Å²) >= 11 is 4.06. The summed E-state index contributed by atoms with van der Waals surface area (Å²) in [5.41, 5.74) is 5.54. The van der Waals surface area contributed by atoms with E-state index < -0.39 is 6.04 Å². The number of nitrogens with two attached hydrogens (primary N) is 1. The van der Waals surface area contributed by atoms with Crippen molar-refractivity contribution in [3.8, 4) is 0 Å². The monoisotopic (exact) mass is 191 g/mol. The van der Waals surface area contributed by atoms with Gasteiger partial charge in [-0.25, -0.2) is 0 Å². The van der Waals surface area contributed by atoms with Gasteiger partial charge >= 0.3 is 5.97 Å². The molecule has 0 aromatic heterocycles. The lowest BCUT2D eigenvalue weighted by Crippen LogP contribution is -2.32. The number of hydrogen-bond acceptors (Lipinski definition) is 4. The highest BCUT2D eigenvalue weighted by molar-refractivity contribution is 7.80. The molecule has 0 aromatic rings. The molecule has 0 heterocycles. The van der Waals surface area contributed by atoms with Crippen LogP contribution in [-0.2, 0) is 9.53 Å². The lowest BCUT2D eigenvalue weighted by molar-refractivity contribution is -0.144. The third kappa shape index (κ3) is 5.43. The van der Waals surface area contributed by atoms with Gasteiger partial charge in [-0.05, 0) is 25.5 Å². The maximum absolute atomic E-state index is 11.0. The van der Waals surface area contributed by atoms with Crippen LogP contribution in [-0.4, -0.2) is 24.4 Å². The molecule has 12 heavy (non-hydrogen) atoms. The third-order valence-electron chi connectivity index (χ3n) is 1.51. The number of ether oxygens (including phenoxy) is 1. The fraction of sp³-hybridized carbons (Fsp3) is 0.875. The van der Waals surface area contributed by atoms with Crippen LogP contribution in [0.3, 0.4) is 0 Å². The first-order valence-corrected chi connectivity index (χ1v) is 4.88. The smallest absolute Gasteiger partial charge is 0.322 e. The minimum atomic E-state index is -0.454. The molecule has 0 aliphatic carbocycles. The van der Waals surface area contributed by atoms with Gasteiger partial charge < -0.3 is 10.5 Å². The first-order valence-electron chi connectivity index (χ1n) is 4.25. The highest BCUT2D eigenvalue weighted by atomic mass is 32.1. The quantitative estimate of drug-likeness (QED) is 0.374. The zero-order chi connectivity index (χ0) is 9.40. The van der Waals surface area contributed by atoms with E-state index in [9.17, 15) is 4.79 Å². The number of esters is 1. The van der Waals surface area contributed by atoms with E-state index in [1.807, 2.05) is 0 Å². The molecule has 72 valence electrons. The number of unbranched alkanes of at least 4 members (excludes halogenated alkanes) is 1. The Bertz CT molecular complexity index is 130. The number of thiol groups is 1. The highest BCUT2D eigenvalue weighted by Crippen LogP contribution is 2.01. The number of carbonyl (C=O) groups is 1. The minimum absolute atomic E-state index is 0.295. The van der Waals surface area contributed by atoms with Crippen LogP contribution >= 0.6 is 12.6 Å². The molecule has 0 aromatic carbocycles. The van der Waals surface area contributed by atoms with Gasteiger partial charge in [0.05, 0.1) is 6.61 Å². The Morgan fingerprint density at radius 2 is 2.25 bits per heavy atom. The van der Waals surface area contributed by atoms with Crippen molar-refractivity contribution in [3.63, 3.8) is 0 Å². The molecular formula is C8H17NO2S. The van der Waals surface area contributed by atoms with E-state index >= 15 is 0 Å². The van der Waals surface area contributed by atoms with Gasteiger partial charge in [0.15, 0.2) is 0 Å². The third-order valence-corrected chi connectivity index (χ3v) is 1.83. The summed E-state index contributed by atoms with van der Waals surface area (Å²) in [6, 6.07) is -0.454. The Morgan fingerprint density at radius 3 is 2.75 bits per heavy atom. The maximum Gasteiger partial charge on any atom is 0.322 e. The molecule has 4 heteroatoms. The molecule has 0 unspecified atom stereocenters. The Kier molecular flexibility index (Phi) is 7.29. The van der Waals surface area contributed by atoms with Gasteiger partial charge in [-0.15, -0.1) is 0 Å². The van der Waals surface area contributed by atoms with E-state index in [2.05, 4.69) is 12.6 Å². The summed E-state index contributed by atoms with van der Waals surface area (Å²) in [6.45, 7) is 2.18. The van der Waals surface area contributed by atoms with Gasteiger partial charge in [0.2, 0.25) is 0 Å². The zero-order valence-corrected chi connectivity index (χ0v) is 8.35. The van der Waals surface area contributed by atoms with E-state index in [0.717, 1.165) is 18.6 Å². The molecule has 0 fully saturated rings. The topological polar surface area (TPSA) is 52.3 Å². The number of hydrogen-bond donors (Lipinski definition) is 2. The van der Waals surface area contributed by atoms with E-state index in [1.54, 1.807) is 6.92 Å². The van der Waals surface area contributed by atoms with Gasteiger partial charge in [-0.3, -0.25) is 4.79 Å². The van der Waals surface area contributed by atoms with Crippen molar-refractivity contribution in [3.05, 3.63) is 0 Å². The minimum Gasteiger partial charge on any atom is -0.465 e. The van der Waals surface area contributed by atoms with E-state index in [-0.39, 0.29) is 5.97 Å². The SMILES string of the molecule is CCOC(=O)[C@H](N)CCCCS. The molecule has 0 spiro atoms. The lowest BCUT2D eigenvalue weighted by atomic mass is 10.1.